The van der Waals surface area contributed by atoms with E-state index in [9.17, 15) is 4.39 Å². The summed E-state index contributed by atoms with van der Waals surface area (Å²) >= 11 is 0. The van der Waals surface area contributed by atoms with Crippen LogP contribution in [0.2, 0.25) is 0 Å². The first-order chi connectivity index (χ1) is 7.63. The van der Waals surface area contributed by atoms with E-state index in [1.165, 1.54) is 6.07 Å². The molecule has 0 unspecified atom stereocenters. The van der Waals surface area contributed by atoms with Crippen molar-refractivity contribution in [2.45, 2.75) is 6.92 Å². The molecule has 0 spiro atoms. The Balaban J connectivity index is 2.66. The summed E-state index contributed by atoms with van der Waals surface area (Å²) in [4.78, 5) is 0. The number of nitrogens with two attached hydrogens (primary N) is 1. The number of rotatable bonds is 1. The van der Waals surface area contributed by atoms with Crippen LogP contribution >= 0.6 is 0 Å². The lowest BCUT2D eigenvalue weighted by atomic mass is 10.1. The topological polar surface area (TPSA) is 54.7 Å². The van der Waals surface area contributed by atoms with Crippen LogP contribution in [0.25, 0.3) is 5.69 Å². The van der Waals surface area contributed by atoms with Crippen LogP contribution < -0.4 is 5.73 Å². The average Bonchev–Trinajstić information content (AvgIpc) is 2.71. The molecule has 80 valence electrons. The van der Waals surface area contributed by atoms with E-state index in [2.05, 4.69) is 0 Å². The first-order valence-corrected chi connectivity index (χ1v) is 4.77. The van der Waals surface area contributed by atoms with E-state index in [-0.39, 0.29) is 5.82 Å². The molecule has 0 aliphatic rings. The van der Waals surface area contributed by atoms with E-state index in [0.717, 1.165) is 0 Å². The SMILES string of the molecule is Cc1cc(-n2cccc2C#N)c(N)cc1F. The van der Waals surface area contributed by atoms with Gasteiger partial charge in [0.1, 0.15) is 17.6 Å². The Morgan fingerprint density at radius 1 is 1.44 bits per heavy atom. The van der Waals surface area contributed by atoms with Crippen LogP contribution in [0.5, 0.6) is 0 Å². The maximum absolute atomic E-state index is 13.2. The van der Waals surface area contributed by atoms with Crippen molar-refractivity contribution in [3.63, 3.8) is 0 Å². The van der Waals surface area contributed by atoms with Crippen molar-refractivity contribution >= 4 is 5.69 Å². The van der Waals surface area contributed by atoms with Gasteiger partial charge in [-0.05, 0) is 36.8 Å². The molecule has 0 fully saturated rings. The predicted molar refractivity (Wildman–Crippen MR) is 59.6 cm³/mol. The first kappa shape index (κ1) is 10.2. The number of halogens is 1. The standard InChI is InChI=1S/C12H10FN3/c1-8-5-12(11(15)6-10(8)13)16-4-2-3-9(16)7-14/h2-6H,15H2,1H3. The zero-order valence-electron chi connectivity index (χ0n) is 8.74. The first-order valence-electron chi connectivity index (χ1n) is 4.77. The molecule has 0 aliphatic heterocycles. The molecule has 1 heterocycles. The molecule has 2 rings (SSSR count). The Morgan fingerprint density at radius 3 is 2.88 bits per heavy atom. The molecule has 4 heteroatoms. The molecule has 3 nitrogen and oxygen atoms in total. The van der Waals surface area contributed by atoms with Gasteiger partial charge in [0.25, 0.3) is 0 Å². The molecular weight excluding hydrogens is 205 g/mol. The second-order valence-corrected chi connectivity index (χ2v) is 3.54. The van der Waals surface area contributed by atoms with Crippen molar-refractivity contribution in [2.24, 2.45) is 0 Å². The summed E-state index contributed by atoms with van der Waals surface area (Å²) in [5.41, 5.74) is 7.65. The fourth-order valence-electron chi connectivity index (χ4n) is 1.57. The summed E-state index contributed by atoms with van der Waals surface area (Å²) in [5.74, 6) is -0.341. The molecule has 2 N–H and O–H groups in total. The zero-order chi connectivity index (χ0) is 11.7. The number of nitriles is 1. The summed E-state index contributed by atoms with van der Waals surface area (Å²) in [6, 6.07) is 8.37. The second-order valence-electron chi connectivity index (χ2n) is 3.54. The number of nitrogen functional groups attached to an aromatic ring is 1. The van der Waals surface area contributed by atoms with Crippen molar-refractivity contribution in [1.82, 2.24) is 4.57 Å². The minimum Gasteiger partial charge on any atom is -0.397 e. The smallest absolute Gasteiger partial charge is 0.128 e. The highest BCUT2D eigenvalue weighted by atomic mass is 19.1. The number of aromatic nitrogens is 1. The van der Waals surface area contributed by atoms with E-state index in [1.54, 1.807) is 35.9 Å². The molecule has 2 aromatic rings. The number of nitrogens with zero attached hydrogens (tertiary/aromatic N) is 2. The van der Waals surface area contributed by atoms with Gasteiger partial charge in [0.15, 0.2) is 0 Å². The Kier molecular flexibility index (Phi) is 2.37. The van der Waals surface area contributed by atoms with E-state index < -0.39 is 0 Å². The summed E-state index contributed by atoms with van der Waals surface area (Å²) in [5, 5.41) is 8.90. The fraction of sp³-hybridized carbons (Fsp3) is 0.0833. The molecule has 0 aliphatic carbocycles. The van der Waals surface area contributed by atoms with Gasteiger partial charge >= 0.3 is 0 Å². The molecule has 1 aromatic carbocycles. The van der Waals surface area contributed by atoms with Crippen LogP contribution in [0.1, 0.15) is 11.3 Å². The molecule has 0 saturated carbocycles. The predicted octanol–water partition coefficient (Wildman–Crippen LogP) is 2.38. The van der Waals surface area contributed by atoms with Crippen LogP contribution in [0.3, 0.4) is 0 Å². The summed E-state index contributed by atoms with van der Waals surface area (Å²) < 4.78 is 14.9. The van der Waals surface area contributed by atoms with Crippen molar-refractivity contribution in [3.8, 4) is 11.8 Å². The van der Waals surface area contributed by atoms with Crippen LogP contribution in [-0.2, 0) is 0 Å². The molecule has 1 aromatic heterocycles. The van der Waals surface area contributed by atoms with Crippen molar-refractivity contribution in [3.05, 3.63) is 47.5 Å². The van der Waals surface area contributed by atoms with Gasteiger partial charge in [-0.3, -0.25) is 0 Å². The lowest BCUT2D eigenvalue weighted by Crippen LogP contribution is -2.02. The normalized spacial score (nSPS) is 10.1. The third-order valence-corrected chi connectivity index (χ3v) is 2.43. The molecule has 0 amide bonds. The van der Waals surface area contributed by atoms with Crippen molar-refractivity contribution in [1.29, 1.82) is 5.26 Å². The lowest BCUT2D eigenvalue weighted by Gasteiger charge is -2.10. The molecule has 16 heavy (non-hydrogen) atoms. The van der Waals surface area contributed by atoms with Gasteiger partial charge < -0.3 is 10.3 Å². The van der Waals surface area contributed by atoms with Crippen LogP contribution in [0.15, 0.2) is 30.5 Å². The Labute approximate surface area is 92.5 Å². The minimum atomic E-state index is -0.341. The third-order valence-electron chi connectivity index (χ3n) is 2.43. The highest BCUT2D eigenvalue weighted by molar-refractivity contribution is 5.60. The van der Waals surface area contributed by atoms with Gasteiger partial charge in [0.05, 0.1) is 11.4 Å². The molecule has 0 saturated heterocycles. The Bertz CT molecular complexity index is 578. The van der Waals surface area contributed by atoms with Gasteiger partial charge in [0, 0.05) is 6.20 Å². The van der Waals surface area contributed by atoms with E-state index in [0.29, 0.717) is 22.6 Å². The number of hydrogen-bond donors (Lipinski definition) is 1. The van der Waals surface area contributed by atoms with Gasteiger partial charge in [0.2, 0.25) is 0 Å². The summed E-state index contributed by atoms with van der Waals surface area (Å²) in [6.07, 6.45) is 1.72. The number of benzene rings is 1. The van der Waals surface area contributed by atoms with E-state index in [1.807, 2.05) is 6.07 Å². The van der Waals surface area contributed by atoms with Gasteiger partial charge in [-0.1, -0.05) is 0 Å². The largest absolute Gasteiger partial charge is 0.397 e. The molecule has 0 bridgehead atoms. The van der Waals surface area contributed by atoms with E-state index >= 15 is 0 Å². The quantitative estimate of drug-likeness (QED) is 0.742. The van der Waals surface area contributed by atoms with Gasteiger partial charge in [-0.2, -0.15) is 5.26 Å². The fourth-order valence-corrected chi connectivity index (χ4v) is 1.57. The second kappa shape index (κ2) is 3.70. The minimum absolute atomic E-state index is 0.316. The highest BCUT2D eigenvalue weighted by Gasteiger charge is 2.09. The maximum Gasteiger partial charge on any atom is 0.128 e. The summed E-state index contributed by atoms with van der Waals surface area (Å²) in [7, 11) is 0. The average molecular weight is 215 g/mol. The van der Waals surface area contributed by atoms with Gasteiger partial charge in [-0.25, -0.2) is 4.39 Å². The van der Waals surface area contributed by atoms with Crippen LogP contribution in [0, 0.1) is 24.1 Å². The number of anilines is 1. The van der Waals surface area contributed by atoms with Crippen molar-refractivity contribution < 1.29 is 4.39 Å². The van der Waals surface area contributed by atoms with Crippen LogP contribution in [0.4, 0.5) is 10.1 Å². The summed E-state index contributed by atoms with van der Waals surface area (Å²) in [6.45, 7) is 1.66. The number of aryl methyl sites for hydroxylation is 1. The molecule has 0 atom stereocenters. The monoisotopic (exact) mass is 215 g/mol. The zero-order valence-corrected chi connectivity index (χ0v) is 8.74. The van der Waals surface area contributed by atoms with Gasteiger partial charge in [-0.15, -0.1) is 0 Å². The maximum atomic E-state index is 13.2. The van der Waals surface area contributed by atoms with Crippen LogP contribution in [-0.4, -0.2) is 4.57 Å². The number of hydrogen-bond acceptors (Lipinski definition) is 2. The van der Waals surface area contributed by atoms with E-state index in [4.69, 9.17) is 11.0 Å². The van der Waals surface area contributed by atoms with Crippen molar-refractivity contribution in [2.75, 3.05) is 5.73 Å². The Morgan fingerprint density at radius 2 is 2.19 bits per heavy atom. The lowest BCUT2D eigenvalue weighted by molar-refractivity contribution is 0.619. The molecular formula is C12H10FN3. The highest BCUT2D eigenvalue weighted by Crippen LogP contribution is 2.23. The third kappa shape index (κ3) is 1.52. The molecule has 0 radical (unpaired) electrons. The Hall–Kier alpha value is -2.28.